The SMILES string of the molecule is CC(=O)N(CC(=O)NC(CC(C)C)C(=O)NC(Cc1cnc[nH]1)C(=O)NC(CO)C(=O)NCC(N)=O)CC(C)ON=CCCc1ccccc1. The van der Waals surface area contributed by atoms with E-state index >= 15 is 0 Å². The van der Waals surface area contributed by atoms with Crippen LogP contribution in [0.5, 0.6) is 0 Å². The summed E-state index contributed by atoms with van der Waals surface area (Å²) in [6.07, 6.45) is 5.51. The highest BCUT2D eigenvalue weighted by atomic mass is 16.6. The fourth-order valence-electron chi connectivity index (χ4n) is 4.70. The first-order chi connectivity index (χ1) is 23.8. The molecule has 1 aromatic heterocycles. The maximum atomic E-state index is 13.6. The average molecular weight is 700 g/mol. The van der Waals surface area contributed by atoms with Crippen molar-refractivity contribution in [2.75, 3.05) is 26.2 Å². The number of aromatic amines is 1. The Balaban J connectivity index is 2.05. The highest BCUT2D eigenvalue weighted by Gasteiger charge is 2.31. The molecule has 0 radical (unpaired) electrons. The number of carbonyl (C=O) groups is 6. The Labute approximate surface area is 291 Å². The van der Waals surface area contributed by atoms with Gasteiger partial charge in [-0.15, -0.1) is 0 Å². The Kier molecular flexibility index (Phi) is 17.7. The Bertz CT molecular complexity index is 1420. The predicted molar refractivity (Wildman–Crippen MR) is 183 cm³/mol. The average Bonchev–Trinajstić information content (AvgIpc) is 3.58. The van der Waals surface area contributed by atoms with Crippen LogP contribution in [0.4, 0.5) is 0 Å². The zero-order valence-electron chi connectivity index (χ0n) is 28.9. The third kappa shape index (κ3) is 15.7. The van der Waals surface area contributed by atoms with Gasteiger partial charge in [-0.2, -0.15) is 0 Å². The minimum atomic E-state index is -1.45. The molecular weight excluding hydrogens is 650 g/mol. The van der Waals surface area contributed by atoms with Gasteiger partial charge < -0.3 is 46.8 Å². The van der Waals surface area contributed by atoms with E-state index in [1.54, 1.807) is 13.1 Å². The zero-order chi connectivity index (χ0) is 37.1. The van der Waals surface area contributed by atoms with Gasteiger partial charge in [0.15, 0.2) is 0 Å². The molecule has 0 aliphatic carbocycles. The molecule has 17 heteroatoms. The summed E-state index contributed by atoms with van der Waals surface area (Å²) in [4.78, 5) is 89.3. The summed E-state index contributed by atoms with van der Waals surface area (Å²) in [6.45, 7) is 5.11. The van der Waals surface area contributed by atoms with Crippen molar-refractivity contribution >= 4 is 41.7 Å². The van der Waals surface area contributed by atoms with E-state index in [9.17, 15) is 33.9 Å². The van der Waals surface area contributed by atoms with E-state index in [-0.39, 0.29) is 37.8 Å². The van der Waals surface area contributed by atoms with Crippen molar-refractivity contribution in [2.24, 2.45) is 16.8 Å². The van der Waals surface area contributed by atoms with E-state index < -0.39 is 66.9 Å². The number of oxime groups is 1. The molecule has 6 amide bonds. The number of aliphatic hydroxyl groups is 1. The van der Waals surface area contributed by atoms with Crippen LogP contribution in [0, 0.1) is 5.92 Å². The van der Waals surface area contributed by atoms with Crippen molar-refractivity contribution in [3.05, 3.63) is 54.1 Å². The standard InChI is InChI=1S/C33H49N9O8/c1-21(2)13-26(39-30(46)18-42(23(4)44)17-22(3)50-38-12-8-11-24-9-6-5-7-10-24)32(48)40-27(14-25-15-35-20-37-25)33(49)41-28(19-43)31(47)36-16-29(34)45/h5-7,9-10,12,15,20-22,26-28,43H,8,11,13-14,16-19H2,1-4H3,(H2,34,45)(H,35,37)(H,36,47)(H,39,46)(H,40,48)(H,41,49). The van der Waals surface area contributed by atoms with E-state index in [1.165, 1.54) is 29.9 Å². The number of hydrogen-bond acceptors (Lipinski definition) is 10. The molecule has 0 aliphatic heterocycles. The first-order valence-electron chi connectivity index (χ1n) is 16.3. The lowest BCUT2D eigenvalue weighted by Gasteiger charge is -2.27. The molecule has 0 spiro atoms. The molecule has 0 saturated carbocycles. The quantitative estimate of drug-likeness (QED) is 0.0582. The first kappa shape index (κ1) is 40.9. The van der Waals surface area contributed by atoms with E-state index in [0.717, 1.165) is 6.42 Å². The van der Waals surface area contributed by atoms with E-state index in [4.69, 9.17) is 10.6 Å². The number of nitrogens with zero attached hydrogens (tertiary/aromatic N) is 3. The molecule has 1 aromatic carbocycles. The maximum absolute atomic E-state index is 13.6. The second-order valence-electron chi connectivity index (χ2n) is 12.1. The molecule has 4 unspecified atom stereocenters. The van der Waals surface area contributed by atoms with Crippen LogP contribution in [0.1, 0.15) is 51.8 Å². The van der Waals surface area contributed by atoms with Crippen molar-refractivity contribution in [3.63, 3.8) is 0 Å². The maximum Gasteiger partial charge on any atom is 0.245 e. The number of aliphatic hydroxyl groups excluding tert-OH is 1. The van der Waals surface area contributed by atoms with Gasteiger partial charge in [0, 0.05) is 31.4 Å². The van der Waals surface area contributed by atoms with Gasteiger partial charge in [-0.05, 0) is 37.7 Å². The summed E-state index contributed by atoms with van der Waals surface area (Å²) in [5, 5.41) is 23.5. The number of rotatable bonds is 22. The van der Waals surface area contributed by atoms with Crippen molar-refractivity contribution in [3.8, 4) is 0 Å². The van der Waals surface area contributed by atoms with Crippen molar-refractivity contribution < 1.29 is 38.7 Å². The Hall–Kier alpha value is -5.32. The number of imidazole rings is 1. The topological polar surface area (TPSA) is 250 Å². The van der Waals surface area contributed by atoms with Gasteiger partial charge >= 0.3 is 0 Å². The van der Waals surface area contributed by atoms with Gasteiger partial charge in [0.25, 0.3) is 0 Å². The van der Waals surface area contributed by atoms with Gasteiger partial charge in [-0.1, -0.05) is 49.3 Å². The van der Waals surface area contributed by atoms with Crippen LogP contribution in [0.3, 0.4) is 0 Å². The van der Waals surface area contributed by atoms with Crippen molar-refractivity contribution in [1.82, 2.24) is 36.1 Å². The number of aryl methyl sites for hydroxylation is 1. The number of hydrogen-bond donors (Lipinski definition) is 7. The molecule has 0 saturated heterocycles. The molecule has 17 nitrogen and oxygen atoms in total. The Morgan fingerprint density at radius 2 is 1.68 bits per heavy atom. The molecule has 0 fully saturated rings. The molecule has 2 aromatic rings. The fraction of sp³-hybridized carbons (Fsp3) is 0.515. The lowest BCUT2D eigenvalue weighted by atomic mass is 10.0. The van der Waals surface area contributed by atoms with E-state index in [0.29, 0.717) is 12.1 Å². The largest absolute Gasteiger partial charge is 0.394 e. The van der Waals surface area contributed by atoms with Gasteiger partial charge in [-0.25, -0.2) is 4.98 Å². The first-order valence-corrected chi connectivity index (χ1v) is 16.3. The lowest BCUT2D eigenvalue weighted by Crippen LogP contribution is -2.59. The van der Waals surface area contributed by atoms with Gasteiger partial charge in [-0.3, -0.25) is 28.8 Å². The molecule has 0 bridgehead atoms. The third-order valence-corrected chi connectivity index (χ3v) is 7.20. The van der Waals surface area contributed by atoms with Crippen LogP contribution in [0.2, 0.25) is 0 Å². The van der Waals surface area contributed by atoms with Gasteiger partial charge in [0.05, 0.1) is 32.6 Å². The second kappa shape index (κ2) is 21.6. The zero-order valence-corrected chi connectivity index (χ0v) is 28.9. The molecular formula is C33H49N9O8. The number of primary amides is 1. The molecule has 1 heterocycles. The molecule has 274 valence electrons. The molecule has 8 N–H and O–H groups in total. The van der Waals surface area contributed by atoms with Crippen molar-refractivity contribution in [1.29, 1.82) is 0 Å². The summed E-state index contributed by atoms with van der Waals surface area (Å²) in [5.74, 6) is -4.26. The monoisotopic (exact) mass is 699 g/mol. The van der Waals surface area contributed by atoms with E-state index in [1.807, 2.05) is 44.2 Å². The van der Waals surface area contributed by atoms with Crippen LogP contribution in [-0.2, 0) is 46.4 Å². The van der Waals surface area contributed by atoms with Gasteiger partial charge in [0.1, 0.15) is 24.2 Å². The van der Waals surface area contributed by atoms with Crippen LogP contribution < -0.4 is 27.0 Å². The summed E-state index contributed by atoms with van der Waals surface area (Å²) < 4.78 is 0. The molecule has 0 aliphatic rings. The van der Waals surface area contributed by atoms with Crippen molar-refractivity contribution in [2.45, 2.75) is 77.6 Å². The molecule has 4 atom stereocenters. The van der Waals surface area contributed by atoms with E-state index in [2.05, 4.69) is 36.4 Å². The number of carbonyl (C=O) groups excluding carboxylic acids is 6. The minimum Gasteiger partial charge on any atom is -0.394 e. The summed E-state index contributed by atoms with van der Waals surface area (Å²) >= 11 is 0. The van der Waals surface area contributed by atoms with Crippen LogP contribution >= 0.6 is 0 Å². The number of aromatic nitrogens is 2. The summed E-state index contributed by atoms with van der Waals surface area (Å²) in [5.41, 5.74) is 6.69. The Morgan fingerprint density at radius 1 is 1.00 bits per heavy atom. The highest BCUT2D eigenvalue weighted by molar-refractivity contribution is 5.95. The number of H-pyrrole nitrogens is 1. The summed E-state index contributed by atoms with van der Waals surface area (Å²) in [7, 11) is 0. The number of benzene rings is 1. The third-order valence-electron chi connectivity index (χ3n) is 7.20. The van der Waals surface area contributed by atoms with Crippen LogP contribution in [0.15, 0.2) is 48.0 Å². The second-order valence-corrected chi connectivity index (χ2v) is 12.1. The number of nitrogens with two attached hydrogens (primary N) is 1. The number of amides is 6. The highest BCUT2D eigenvalue weighted by Crippen LogP contribution is 2.08. The molecule has 50 heavy (non-hydrogen) atoms. The van der Waals surface area contributed by atoms with Gasteiger partial charge in [0.2, 0.25) is 35.4 Å². The minimum absolute atomic E-state index is 0.0595. The lowest BCUT2D eigenvalue weighted by molar-refractivity contribution is -0.137. The normalized spacial score (nSPS) is 13.5. The van der Waals surface area contributed by atoms with Crippen LogP contribution in [0.25, 0.3) is 0 Å². The summed E-state index contributed by atoms with van der Waals surface area (Å²) in [6, 6.07) is 6.10. The van der Waals surface area contributed by atoms with Crippen LogP contribution in [-0.4, -0.2) is 112 Å². The fourth-order valence-corrected chi connectivity index (χ4v) is 4.70. The number of nitrogens with one attached hydrogen (secondary N) is 5. The molecule has 2 rings (SSSR count). The smallest absolute Gasteiger partial charge is 0.245 e. The predicted octanol–water partition coefficient (Wildman–Crippen LogP) is -1.08. The Morgan fingerprint density at radius 3 is 2.28 bits per heavy atom.